The molecule has 0 radical (unpaired) electrons. The van der Waals surface area contributed by atoms with Crippen molar-refractivity contribution in [3.05, 3.63) is 60.8 Å². The topological polar surface area (TPSA) is 37.3 Å². The van der Waals surface area contributed by atoms with Gasteiger partial charge in [0.1, 0.15) is 0 Å². The zero-order valence-corrected chi connectivity index (χ0v) is 14.7. The number of hydrogen-bond donors (Lipinski definition) is 1. The molecular weight excluding hydrogens is 284 g/mol. The molecule has 0 spiro atoms. The molecule has 0 saturated carbocycles. The average molecular weight is 316 g/mol. The Hall–Kier alpha value is -1.83. The molecule has 128 valence electrons. The highest BCUT2D eigenvalue weighted by molar-refractivity contribution is 5.66. The van der Waals surface area contributed by atoms with E-state index in [1.54, 1.807) is 0 Å². The van der Waals surface area contributed by atoms with Crippen molar-refractivity contribution in [3.63, 3.8) is 0 Å². The summed E-state index contributed by atoms with van der Waals surface area (Å²) in [4.78, 5) is 10.5. The monoisotopic (exact) mass is 316 g/mol. The normalized spacial score (nSPS) is 14.2. The summed E-state index contributed by atoms with van der Waals surface area (Å²) in [6, 6.07) is 0. The van der Waals surface area contributed by atoms with Crippen molar-refractivity contribution in [2.24, 2.45) is 5.92 Å². The molecule has 0 aliphatic rings. The van der Waals surface area contributed by atoms with Crippen LogP contribution in [0.3, 0.4) is 0 Å². The van der Waals surface area contributed by atoms with Gasteiger partial charge >= 0.3 is 5.97 Å². The van der Waals surface area contributed by atoms with Crippen molar-refractivity contribution in [1.29, 1.82) is 0 Å². The predicted octanol–water partition coefficient (Wildman–Crippen LogP) is 6.24. The Morgan fingerprint density at radius 3 is 1.57 bits per heavy atom. The summed E-state index contributed by atoms with van der Waals surface area (Å²) in [7, 11) is 0. The van der Waals surface area contributed by atoms with Crippen LogP contribution in [0.25, 0.3) is 0 Å². The molecule has 0 aromatic rings. The van der Waals surface area contributed by atoms with Crippen LogP contribution in [-0.4, -0.2) is 11.1 Å². The minimum Gasteiger partial charge on any atom is -0.481 e. The fourth-order valence-electron chi connectivity index (χ4n) is 1.96. The first kappa shape index (κ1) is 21.2. The smallest absolute Gasteiger partial charge is 0.303 e. The lowest BCUT2D eigenvalue weighted by Crippen LogP contribution is -2.02. The molecule has 0 aromatic carbocycles. The lowest BCUT2D eigenvalue weighted by atomic mass is 10.0. The van der Waals surface area contributed by atoms with E-state index in [0.717, 1.165) is 38.5 Å². The maximum Gasteiger partial charge on any atom is 0.303 e. The molecule has 0 saturated heterocycles. The maximum absolute atomic E-state index is 10.5. The maximum atomic E-state index is 10.5. The van der Waals surface area contributed by atoms with Gasteiger partial charge in [0.15, 0.2) is 0 Å². The van der Waals surface area contributed by atoms with Crippen molar-refractivity contribution in [3.8, 4) is 0 Å². The fraction of sp³-hybridized carbons (Fsp3) is 0.476. The van der Waals surface area contributed by atoms with Gasteiger partial charge in [-0.2, -0.15) is 0 Å². The molecule has 2 heteroatoms. The first-order valence-corrected chi connectivity index (χ1v) is 8.63. The molecule has 1 N–H and O–H groups in total. The number of carbonyl (C=O) groups is 1. The van der Waals surface area contributed by atoms with Crippen molar-refractivity contribution < 1.29 is 9.90 Å². The summed E-state index contributed by atoms with van der Waals surface area (Å²) < 4.78 is 0. The van der Waals surface area contributed by atoms with E-state index in [-0.39, 0.29) is 12.3 Å². The van der Waals surface area contributed by atoms with Crippen LogP contribution in [0.1, 0.15) is 58.8 Å². The lowest BCUT2D eigenvalue weighted by Gasteiger charge is -2.02. The molecule has 1 atom stereocenters. The highest BCUT2D eigenvalue weighted by atomic mass is 16.4. The molecule has 0 aliphatic heterocycles. The molecule has 0 fully saturated rings. The van der Waals surface area contributed by atoms with Crippen LogP contribution >= 0.6 is 0 Å². The molecule has 0 amide bonds. The molecule has 0 bridgehead atoms. The van der Waals surface area contributed by atoms with Gasteiger partial charge in [0.25, 0.3) is 0 Å². The molecule has 2 nitrogen and oxygen atoms in total. The molecular formula is C21H32O2. The van der Waals surface area contributed by atoms with E-state index < -0.39 is 5.97 Å². The summed E-state index contributed by atoms with van der Waals surface area (Å²) in [5, 5.41) is 8.66. The van der Waals surface area contributed by atoms with Gasteiger partial charge in [0, 0.05) is 6.42 Å². The number of carboxylic acid groups (broad SMARTS) is 1. The third kappa shape index (κ3) is 18.1. The minimum absolute atomic E-state index is 0.209. The van der Waals surface area contributed by atoms with Gasteiger partial charge in [-0.05, 0) is 44.4 Å². The van der Waals surface area contributed by atoms with Crippen molar-refractivity contribution >= 4 is 5.97 Å². The molecule has 1 unspecified atom stereocenters. The minimum atomic E-state index is -0.718. The summed E-state index contributed by atoms with van der Waals surface area (Å²) in [6.45, 7) is 4.11. The van der Waals surface area contributed by atoms with Gasteiger partial charge in [0.2, 0.25) is 0 Å². The van der Waals surface area contributed by atoms with E-state index >= 15 is 0 Å². The van der Waals surface area contributed by atoms with Crippen LogP contribution in [0.4, 0.5) is 0 Å². The van der Waals surface area contributed by atoms with Crippen molar-refractivity contribution in [2.75, 3.05) is 0 Å². The third-order valence-corrected chi connectivity index (χ3v) is 3.22. The van der Waals surface area contributed by atoms with Crippen molar-refractivity contribution in [2.45, 2.75) is 58.8 Å². The number of aliphatic carboxylic acids is 1. The van der Waals surface area contributed by atoms with Gasteiger partial charge in [-0.25, -0.2) is 0 Å². The molecule has 23 heavy (non-hydrogen) atoms. The van der Waals surface area contributed by atoms with Crippen molar-refractivity contribution in [1.82, 2.24) is 0 Å². The molecule has 0 aliphatic carbocycles. The second-order valence-electron chi connectivity index (χ2n) is 5.65. The van der Waals surface area contributed by atoms with E-state index in [0.29, 0.717) is 0 Å². The van der Waals surface area contributed by atoms with Gasteiger partial charge < -0.3 is 5.11 Å². The van der Waals surface area contributed by atoms with E-state index in [1.165, 1.54) is 0 Å². The fourth-order valence-corrected chi connectivity index (χ4v) is 1.96. The molecule has 0 rings (SSSR count). The lowest BCUT2D eigenvalue weighted by molar-refractivity contribution is -0.137. The SMILES string of the molecule is CC/C=C\C/C=C\C/C=C\C/C=C\C/C=C\CC(C)CC(=O)O. The standard InChI is InChI=1S/C21H32O2/c1-3-4-5-6-7-8-9-10-11-12-13-14-15-16-17-18-20(2)19-21(22)23/h4-5,7-8,10-11,13-14,16-17,20H,3,6,9,12,15,18-19H2,1-2H3,(H,22,23)/b5-4-,8-7-,11-10-,14-13-,17-16-. The van der Waals surface area contributed by atoms with Crippen LogP contribution in [0.2, 0.25) is 0 Å². The Labute approximate surface area is 142 Å². The Bertz CT molecular complexity index is 425. The van der Waals surface area contributed by atoms with Gasteiger partial charge in [-0.15, -0.1) is 0 Å². The number of allylic oxidation sites excluding steroid dienone is 10. The van der Waals surface area contributed by atoms with Crippen LogP contribution < -0.4 is 0 Å². The van der Waals surface area contributed by atoms with Gasteiger partial charge in [-0.1, -0.05) is 74.6 Å². The summed E-state index contributed by atoms with van der Waals surface area (Å²) >= 11 is 0. The van der Waals surface area contributed by atoms with E-state index in [1.807, 2.05) is 6.92 Å². The first-order valence-electron chi connectivity index (χ1n) is 8.63. The highest BCUT2D eigenvalue weighted by Gasteiger charge is 2.04. The predicted molar refractivity (Wildman–Crippen MR) is 100 cm³/mol. The number of carboxylic acids is 1. The van der Waals surface area contributed by atoms with E-state index in [9.17, 15) is 4.79 Å². The number of rotatable bonds is 13. The quantitative estimate of drug-likeness (QED) is 0.408. The molecule has 0 heterocycles. The zero-order chi connectivity index (χ0) is 17.2. The summed E-state index contributed by atoms with van der Waals surface area (Å²) in [5.74, 6) is -0.508. The highest BCUT2D eigenvalue weighted by Crippen LogP contribution is 2.08. The average Bonchev–Trinajstić information content (AvgIpc) is 2.50. The first-order chi connectivity index (χ1) is 11.2. The summed E-state index contributed by atoms with van der Waals surface area (Å²) in [6.07, 6.45) is 27.7. The third-order valence-electron chi connectivity index (χ3n) is 3.22. The summed E-state index contributed by atoms with van der Waals surface area (Å²) in [5.41, 5.74) is 0. The van der Waals surface area contributed by atoms with Crippen LogP contribution in [-0.2, 0) is 4.79 Å². The second-order valence-corrected chi connectivity index (χ2v) is 5.65. The Morgan fingerprint density at radius 1 is 0.783 bits per heavy atom. The van der Waals surface area contributed by atoms with Crippen LogP contribution in [0.5, 0.6) is 0 Å². The second kappa shape index (κ2) is 16.5. The largest absolute Gasteiger partial charge is 0.481 e. The van der Waals surface area contributed by atoms with Gasteiger partial charge in [0.05, 0.1) is 0 Å². The van der Waals surface area contributed by atoms with E-state index in [2.05, 4.69) is 67.7 Å². The Kier molecular flexibility index (Phi) is 15.2. The van der Waals surface area contributed by atoms with Crippen LogP contribution in [0.15, 0.2) is 60.8 Å². The Balaban J connectivity index is 3.58. The van der Waals surface area contributed by atoms with Crippen LogP contribution in [0, 0.1) is 5.92 Å². The van der Waals surface area contributed by atoms with E-state index in [4.69, 9.17) is 5.11 Å². The van der Waals surface area contributed by atoms with Gasteiger partial charge in [-0.3, -0.25) is 4.79 Å². The Morgan fingerprint density at radius 2 is 1.17 bits per heavy atom. The zero-order valence-electron chi connectivity index (χ0n) is 14.7. The number of hydrogen-bond acceptors (Lipinski definition) is 1. The molecule has 0 aromatic heterocycles.